The van der Waals surface area contributed by atoms with E-state index in [1.807, 2.05) is 48.5 Å². The normalized spacial score (nSPS) is 10.7. The van der Waals surface area contributed by atoms with E-state index >= 15 is 0 Å². The molecule has 0 unspecified atom stereocenters. The van der Waals surface area contributed by atoms with Crippen molar-refractivity contribution in [1.29, 1.82) is 5.26 Å². The maximum absolute atomic E-state index is 12.4. The summed E-state index contributed by atoms with van der Waals surface area (Å²) in [6, 6.07) is 20.6. The van der Waals surface area contributed by atoms with Crippen molar-refractivity contribution in [3.05, 3.63) is 82.8 Å². The first-order chi connectivity index (χ1) is 16.2. The van der Waals surface area contributed by atoms with Crippen LogP contribution < -0.4 is 10.3 Å². The third kappa shape index (κ3) is 5.70. The number of pyridine rings is 1. The lowest BCUT2D eigenvalue weighted by molar-refractivity contribution is 0.317. The first kappa shape index (κ1) is 22.4. The van der Waals surface area contributed by atoms with Gasteiger partial charge in [-0.25, -0.2) is 0 Å². The zero-order chi connectivity index (χ0) is 23.0. The molecule has 0 saturated heterocycles. The highest BCUT2D eigenvalue weighted by molar-refractivity contribution is 7.99. The molecule has 0 radical (unpaired) electrons. The van der Waals surface area contributed by atoms with Gasteiger partial charge in [-0.15, -0.1) is 11.8 Å². The molecule has 33 heavy (non-hydrogen) atoms. The molecular weight excluding hydrogens is 436 g/mol. The molecule has 8 heteroatoms. The Kier molecular flexibility index (Phi) is 7.22. The quantitative estimate of drug-likeness (QED) is 0.325. The third-order valence-electron chi connectivity index (χ3n) is 4.80. The lowest BCUT2D eigenvalue weighted by Gasteiger charge is -2.09. The Bertz CT molecular complexity index is 1320. The maximum Gasteiger partial charge on any atom is 0.258 e. The summed E-state index contributed by atoms with van der Waals surface area (Å²) in [5.74, 6) is 1.98. The van der Waals surface area contributed by atoms with Gasteiger partial charge in [0.2, 0.25) is 5.82 Å². The first-order valence-corrected chi connectivity index (χ1v) is 11.5. The molecule has 2 aromatic heterocycles. The summed E-state index contributed by atoms with van der Waals surface area (Å²) in [6.07, 6.45) is 2.67. The molecule has 4 aromatic rings. The van der Waals surface area contributed by atoms with Gasteiger partial charge in [0.1, 0.15) is 5.75 Å². The molecule has 0 bridgehead atoms. The van der Waals surface area contributed by atoms with Gasteiger partial charge in [-0.05, 0) is 54.4 Å². The van der Waals surface area contributed by atoms with Crippen LogP contribution in [0.25, 0.3) is 22.8 Å². The van der Waals surface area contributed by atoms with E-state index < -0.39 is 0 Å². The Morgan fingerprint density at radius 1 is 1.12 bits per heavy atom. The molecular formula is C25H22N4O3S. The van der Waals surface area contributed by atoms with Crippen LogP contribution in [0.5, 0.6) is 5.75 Å². The van der Waals surface area contributed by atoms with Gasteiger partial charge in [0.15, 0.2) is 0 Å². The van der Waals surface area contributed by atoms with Crippen molar-refractivity contribution < 1.29 is 9.26 Å². The monoisotopic (exact) mass is 458 g/mol. The van der Waals surface area contributed by atoms with Gasteiger partial charge in [0.25, 0.3) is 11.4 Å². The van der Waals surface area contributed by atoms with E-state index in [0.717, 1.165) is 28.2 Å². The highest BCUT2D eigenvalue weighted by Gasteiger charge is 2.12. The molecule has 0 fully saturated rings. The Morgan fingerprint density at radius 3 is 2.73 bits per heavy atom. The largest absolute Gasteiger partial charge is 0.494 e. The second-order valence-corrected chi connectivity index (χ2v) is 8.32. The summed E-state index contributed by atoms with van der Waals surface area (Å²) in [5, 5.41) is 12.8. The molecule has 0 aliphatic rings. The van der Waals surface area contributed by atoms with Crippen LogP contribution in [0, 0.1) is 11.3 Å². The highest BCUT2D eigenvalue weighted by Crippen LogP contribution is 2.25. The minimum Gasteiger partial charge on any atom is -0.494 e. The van der Waals surface area contributed by atoms with Gasteiger partial charge in [0.05, 0.1) is 25.0 Å². The molecule has 0 aliphatic heterocycles. The zero-order valence-corrected chi connectivity index (χ0v) is 18.9. The van der Waals surface area contributed by atoms with E-state index in [9.17, 15) is 4.79 Å². The standard InChI is InChI=1S/C25H22N4O3S/c1-2-13-31-21-5-3-4-18(15-21)16-29-17-20(8-11-23(29)30)24-27-25(32-28-24)19-6-9-22(10-7-19)33-14-12-26/h3-11,15,17H,2,13-14,16H2,1H3. The number of hydrogen-bond donors (Lipinski definition) is 0. The van der Waals surface area contributed by atoms with Crippen LogP contribution in [-0.2, 0) is 6.54 Å². The molecule has 0 spiro atoms. The van der Waals surface area contributed by atoms with Crippen LogP contribution in [-0.4, -0.2) is 27.1 Å². The summed E-state index contributed by atoms with van der Waals surface area (Å²) in [6.45, 7) is 3.12. The molecule has 166 valence electrons. The number of rotatable bonds is 9. The van der Waals surface area contributed by atoms with Crippen LogP contribution in [0.4, 0.5) is 0 Å². The van der Waals surface area contributed by atoms with Gasteiger partial charge < -0.3 is 13.8 Å². The van der Waals surface area contributed by atoms with Crippen LogP contribution in [0.3, 0.4) is 0 Å². The van der Waals surface area contributed by atoms with E-state index in [1.54, 1.807) is 16.8 Å². The Morgan fingerprint density at radius 2 is 1.94 bits per heavy atom. The van der Waals surface area contributed by atoms with Gasteiger partial charge in [-0.1, -0.05) is 24.2 Å². The summed E-state index contributed by atoms with van der Waals surface area (Å²) >= 11 is 1.47. The summed E-state index contributed by atoms with van der Waals surface area (Å²) in [7, 11) is 0. The van der Waals surface area contributed by atoms with Crippen molar-refractivity contribution in [2.75, 3.05) is 12.4 Å². The van der Waals surface area contributed by atoms with Gasteiger partial charge in [0, 0.05) is 28.3 Å². The topological polar surface area (TPSA) is 93.9 Å². The highest BCUT2D eigenvalue weighted by atomic mass is 32.2. The van der Waals surface area contributed by atoms with E-state index in [2.05, 4.69) is 23.1 Å². The number of thioether (sulfide) groups is 1. The van der Waals surface area contributed by atoms with Gasteiger partial charge in [-0.3, -0.25) is 4.79 Å². The van der Waals surface area contributed by atoms with E-state index in [1.165, 1.54) is 17.8 Å². The number of aromatic nitrogens is 3. The number of nitrogens with zero attached hydrogens (tertiary/aromatic N) is 4. The van der Waals surface area contributed by atoms with Crippen molar-refractivity contribution in [1.82, 2.24) is 14.7 Å². The number of nitriles is 1. The third-order valence-corrected chi connectivity index (χ3v) is 5.68. The fourth-order valence-corrected chi connectivity index (χ4v) is 3.76. The molecule has 7 nitrogen and oxygen atoms in total. The molecule has 4 rings (SSSR count). The predicted molar refractivity (Wildman–Crippen MR) is 127 cm³/mol. The number of hydrogen-bond acceptors (Lipinski definition) is 7. The van der Waals surface area contributed by atoms with Crippen molar-refractivity contribution in [3.63, 3.8) is 0 Å². The smallest absolute Gasteiger partial charge is 0.258 e. The van der Waals surface area contributed by atoms with Crippen molar-refractivity contribution >= 4 is 11.8 Å². The second kappa shape index (κ2) is 10.7. The fourth-order valence-electron chi connectivity index (χ4n) is 3.20. The average Bonchev–Trinajstić information content (AvgIpc) is 3.34. The van der Waals surface area contributed by atoms with Gasteiger partial charge in [-0.2, -0.15) is 10.2 Å². The predicted octanol–water partition coefficient (Wildman–Crippen LogP) is 5.02. The van der Waals surface area contributed by atoms with E-state index in [0.29, 0.717) is 36.2 Å². The molecule has 0 aliphatic carbocycles. The van der Waals surface area contributed by atoms with E-state index in [-0.39, 0.29) is 5.56 Å². The molecule has 2 heterocycles. The minimum absolute atomic E-state index is 0.118. The lowest BCUT2D eigenvalue weighted by Crippen LogP contribution is -2.19. The van der Waals surface area contributed by atoms with Crippen LogP contribution in [0.1, 0.15) is 18.9 Å². The second-order valence-electron chi connectivity index (χ2n) is 7.27. The maximum atomic E-state index is 12.4. The Balaban J connectivity index is 1.53. The molecule has 0 saturated carbocycles. The molecule has 0 N–H and O–H groups in total. The first-order valence-electron chi connectivity index (χ1n) is 10.5. The van der Waals surface area contributed by atoms with Crippen molar-refractivity contribution in [3.8, 4) is 34.7 Å². The van der Waals surface area contributed by atoms with E-state index in [4.69, 9.17) is 14.5 Å². The summed E-state index contributed by atoms with van der Waals surface area (Å²) in [5.41, 5.74) is 2.32. The Labute approximate surface area is 195 Å². The minimum atomic E-state index is -0.118. The lowest BCUT2D eigenvalue weighted by atomic mass is 10.2. The van der Waals surface area contributed by atoms with Crippen LogP contribution in [0.15, 0.2) is 81.1 Å². The van der Waals surface area contributed by atoms with Crippen LogP contribution >= 0.6 is 11.8 Å². The SMILES string of the molecule is CCCOc1cccc(Cn2cc(-c3noc(-c4ccc(SCC#N)cc4)n3)ccc2=O)c1. The zero-order valence-electron chi connectivity index (χ0n) is 18.1. The summed E-state index contributed by atoms with van der Waals surface area (Å²) < 4.78 is 12.8. The van der Waals surface area contributed by atoms with Gasteiger partial charge >= 0.3 is 0 Å². The summed E-state index contributed by atoms with van der Waals surface area (Å²) in [4.78, 5) is 17.9. The van der Waals surface area contributed by atoms with Crippen molar-refractivity contribution in [2.45, 2.75) is 24.8 Å². The molecule has 0 atom stereocenters. The van der Waals surface area contributed by atoms with Crippen LogP contribution in [0.2, 0.25) is 0 Å². The fraction of sp³-hybridized carbons (Fsp3) is 0.200. The number of benzene rings is 2. The molecule has 2 aromatic carbocycles. The molecule has 0 amide bonds. The Hall–Kier alpha value is -3.83. The van der Waals surface area contributed by atoms with Crippen molar-refractivity contribution in [2.24, 2.45) is 0 Å². The average molecular weight is 459 g/mol. The number of ether oxygens (including phenoxy) is 1.